The number of guanidine groups is 1. The maximum atomic E-state index is 5.49. The highest BCUT2D eigenvalue weighted by Gasteiger charge is 2.23. The Morgan fingerprint density at radius 1 is 1.19 bits per heavy atom. The molecule has 1 aromatic carbocycles. The van der Waals surface area contributed by atoms with Crippen LogP contribution in [-0.4, -0.2) is 63.4 Å². The largest absolute Gasteiger partial charge is 0.497 e. The monoisotopic (exact) mass is 490 g/mol. The van der Waals surface area contributed by atoms with Gasteiger partial charge in [-0.1, -0.05) is 26.0 Å². The summed E-state index contributed by atoms with van der Waals surface area (Å²) in [6, 6.07) is 8.52. The first-order chi connectivity index (χ1) is 12.6. The quantitative estimate of drug-likeness (QED) is 0.334. The van der Waals surface area contributed by atoms with Crippen molar-refractivity contribution >= 4 is 29.9 Å². The lowest BCUT2D eigenvalue weighted by Crippen LogP contribution is -2.52. The Balaban J connectivity index is 0.00000364. The number of hydrogen-bond donors (Lipinski definition) is 2. The van der Waals surface area contributed by atoms with Crippen LogP contribution in [0, 0.1) is 5.92 Å². The number of morpholine rings is 1. The smallest absolute Gasteiger partial charge is 0.191 e. The van der Waals surface area contributed by atoms with Gasteiger partial charge in [0.25, 0.3) is 0 Å². The van der Waals surface area contributed by atoms with Gasteiger partial charge in [-0.2, -0.15) is 0 Å². The average Bonchev–Trinajstić information content (AvgIpc) is 2.67. The molecule has 1 saturated heterocycles. The fourth-order valence-corrected chi connectivity index (χ4v) is 3.14. The van der Waals surface area contributed by atoms with Gasteiger partial charge in [-0.25, -0.2) is 4.99 Å². The van der Waals surface area contributed by atoms with Crippen LogP contribution in [0.5, 0.6) is 5.75 Å². The van der Waals surface area contributed by atoms with Crippen LogP contribution in [0.1, 0.15) is 26.3 Å². The molecule has 0 aromatic heterocycles. The molecular formula is C20H35IN4O2. The second kappa shape index (κ2) is 13.2. The van der Waals surface area contributed by atoms with E-state index in [-0.39, 0.29) is 24.0 Å². The van der Waals surface area contributed by atoms with Gasteiger partial charge in [0.15, 0.2) is 5.96 Å². The molecule has 1 aromatic rings. The molecule has 1 aliphatic rings. The molecule has 2 N–H and O–H groups in total. The van der Waals surface area contributed by atoms with Gasteiger partial charge < -0.3 is 20.1 Å². The van der Waals surface area contributed by atoms with Gasteiger partial charge >= 0.3 is 0 Å². The van der Waals surface area contributed by atoms with E-state index in [9.17, 15) is 0 Å². The highest BCUT2D eigenvalue weighted by Crippen LogP contribution is 2.13. The van der Waals surface area contributed by atoms with Crippen LogP contribution < -0.4 is 15.4 Å². The number of methoxy groups -OCH3 is 1. The van der Waals surface area contributed by atoms with Gasteiger partial charge in [0.2, 0.25) is 0 Å². The number of aliphatic imine (C=N–C) groups is 1. The zero-order valence-electron chi connectivity index (χ0n) is 17.0. The molecule has 0 spiro atoms. The van der Waals surface area contributed by atoms with Gasteiger partial charge in [-0.05, 0) is 30.5 Å². The molecule has 0 saturated carbocycles. The fraction of sp³-hybridized carbons (Fsp3) is 0.650. The Hall–Kier alpha value is -1.06. The Morgan fingerprint density at radius 3 is 2.41 bits per heavy atom. The normalized spacial score (nSPS) is 16.6. The standard InChI is InChI=1S/C20H34N4O2.HI/c1-5-21-20(22-14-17-6-8-18(25-4)9-7-17)23-15-19(16(2)3)24-10-12-26-13-11-24;/h6-9,16,19H,5,10-15H2,1-4H3,(H2,21,22,23);1H. The summed E-state index contributed by atoms with van der Waals surface area (Å²) >= 11 is 0. The summed E-state index contributed by atoms with van der Waals surface area (Å²) in [7, 11) is 1.68. The Kier molecular flexibility index (Phi) is 11.7. The van der Waals surface area contributed by atoms with Crippen LogP contribution in [0.4, 0.5) is 0 Å². The van der Waals surface area contributed by atoms with Gasteiger partial charge in [-0.15, -0.1) is 24.0 Å². The highest BCUT2D eigenvalue weighted by molar-refractivity contribution is 14.0. The summed E-state index contributed by atoms with van der Waals surface area (Å²) in [5, 5.41) is 6.87. The lowest BCUT2D eigenvalue weighted by atomic mass is 10.0. The zero-order chi connectivity index (χ0) is 18.8. The summed E-state index contributed by atoms with van der Waals surface area (Å²) in [6.45, 7) is 12.7. The summed E-state index contributed by atoms with van der Waals surface area (Å²) in [6.07, 6.45) is 0. The highest BCUT2D eigenvalue weighted by atomic mass is 127. The van der Waals surface area contributed by atoms with Crippen LogP contribution >= 0.6 is 24.0 Å². The van der Waals surface area contributed by atoms with E-state index in [1.807, 2.05) is 12.1 Å². The molecular weight excluding hydrogens is 455 g/mol. The Bertz CT molecular complexity index is 545. The van der Waals surface area contributed by atoms with Crippen molar-refractivity contribution in [2.75, 3.05) is 46.5 Å². The van der Waals surface area contributed by atoms with E-state index in [2.05, 4.69) is 48.4 Å². The van der Waals surface area contributed by atoms with E-state index in [1.54, 1.807) is 7.11 Å². The second-order valence-corrected chi connectivity index (χ2v) is 6.88. The third kappa shape index (κ3) is 8.23. The number of rotatable bonds is 8. The average molecular weight is 490 g/mol. The maximum absolute atomic E-state index is 5.49. The SMILES string of the molecule is CCNC(=NCc1ccc(OC)cc1)NCC(C(C)C)N1CCOCC1.I. The number of nitrogens with zero attached hydrogens (tertiary/aromatic N) is 2. The predicted octanol–water partition coefficient (Wildman–Crippen LogP) is 2.73. The first-order valence-corrected chi connectivity index (χ1v) is 9.61. The van der Waals surface area contributed by atoms with E-state index >= 15 is 0 Å². The summed E-state index contributed by atoms with van der Waals surface area (Å²) < 4.78 is 10.7. The number of ether oxygens (including phenoxy) is 2. The van der Waals surface area contributed by atoms with Crippen molar-refractivity contribution in [3.05, 3.63) is 29.8 Å². The molecule has 0 aliphatic carbocycles. The molecule has 1 fully saturated rings. The predicted molar refractivity (Wildman–Crippen MR) is 122 cm³/mol. The molecule has 154 valence electrons. The van der Waals surface area contributed by atoms with Crippen molar-refractivity contribution in [1.82, 2.24) is 15.5 Å². The molecule has 0 bridgehead atoms. The number of nitrogens with one attached hydrogen (secondary N) is 2. The second-order valence-electron chi connectivity index (χ2n) is 6.88. The molecule has 0 amide bonds. The lowest BCUT2D eigenvalue weighted by Gasteiger charge is -2.37. The molecule has 6 nitrogen and oxygen atoms in total. The van der Waals surface area contributed by atoms with E-state index < -0.39 is 0 Å². The molecule has 1 aliphatic heterocycles. The number of halogens is 1. The van der Waals surface area contributed by atoms with Crippen molar-refractivity contribution in [3.8, 4) is 5.75 Å². The lowest BCUT2D eigenvalue weighted by molar-refractivity contribution is 0.00752. The van der Waals surface area contributed by atoms with E-state index in [0.29, 0.717) is 18.5 Å². The molecule has 2 rings (SSSR count). The Morgan fingerprint density at radius 2 is 1.85 bits per heavy atom. The molecule has 0 radical (unpaired) electrons. The molecule has 7 heteroatoms. The minimum atomic E-state index is 0. The molecule has 1 unspecified atom stereocenters. The third-order valence-corrected chi connectivity index (χ3v) is 4.69. The summed E-state index contributed by atoms with van der Waals surface area (Å²) in [5.41, 5.74) is 1.16. The van der Waals surface area contributed by atoms with Gasteiger partial charge in [0.05, 0.1) is 26.9 Å². The zero-order valence-corrected chi connectivity index (χ0v) is 19.4. The van der Waals surface area contributed by atoms with Crippen LogP contribution in [0.2, 0.25) is 0 Å². The first-order valence-electron chi connectivity index (χ1n) is 9.61. The number of benzene rings is 1. The van der Waals surface area contributed by atoms with Crippen molar-refractivity contribution in [3.63, 3.8) is 0 Å². The van der Waals surface area contributed by atoms with Gasteiger partial charge in [0.1, 0.15) is 5.75 Å². The van der Waals surface area contributed by atoms with Crippen molar-refractivity contribution in [2.24, 2.45) is 10.9 Å². The minimum Gasteiger partial charge on any atom is -0.497 e. The fourth-order valence-electron chi connectivity index (χ4n) is 3.14. The summed E-state index contributed by atoms with van der Waals surface area (Å²) in [5.74, 6) is 2.31. The van der Waals surface area contributed by atoms with Gasteiger partial charge in [-0.3, -0.25) is 4.90 Å². The van der Waals surface area contributed by atoms with Crippen LogP contribution in [-0.2, 0) is 11.3 Å². The number of hydrogen-bond acceptors (Lipinski definition) is 4. The van der Waals surface area contributed by atoms with E-state index in [1.165, 1.54) is 0 Å². The topological polar surface area (TPSA) is 58.1 Å². The molecule has 1 heterocycles. The first kappa shape index (κ1) is 24.0. The van der Waals surface area contributed by atoms with Crippen molar-refractivity contribution < 1.29 is 9.47 Å². The molecule has 27 heavy (non-hydrogen) atoms. The maximum Gasteiger partial charge on any atom is 0.191 e. The summed E-state index contributed by atoms with van der Waals surface area (Å²) in [4.78, 5) is 7.25. The van der Waals surface area contributed by atoms with Crippen LogP contribution in [0.3, 0.4) is 0 Å². The van der Waals surface area contributed by atoms with E-state index in [0.717, 1.165) is 56.7 Å². The van der Waals surface area contributed by atoms with Crippen molar-refractivity contribution in [1.29, 1.82) is 0 Å². The Labute approximate surface area is 181 Å². The minimum absolute atomic E-state index is 0. The van der Waals surface area contributed by atoms with E-state index in [4.69, 9.17) is 14.5 Å². The van der Waals surface area contributed by atoms with Crippen LogP contribution in [0.25, 0.3) is 0 Å². The van der Waals surface area contributed by atoms with Gasteiger partial charge in [0, 0.05) is 32.2 Å². The van der Waals surface area contributed by atoms with Crippen molar-refractivity contribution in [2.45, 2.75) is 33.4 Å². The third-order valence-electron chi connectivity index (χ3n) is 4.69. The molecule has 1 atom stereocenters. The van der Waals surface area contributed by atoms with Crippen LogP contribution in [0.15, 0.2) is 29.3 Å².